The Balaban J connectivity index is 1.37. The van der Waals surface area contributed by atoms with E-state index >= 15 is 0 Å². The number of alkyl halides is 3. The van der Waals surface area contributed by atoms with Crippen LogP contribution in [-0.2, 0) is 33.6 Å². The van der Waals surface area contributed by atoms with Crippen molar-refractivity contribution in [3.8, 4) is 0 Å². The van der Waals surface area contributed by atoms with Crippen molar-refractivity contribution in [3.05, 3.63) is 64.7 Å². The van der Waals surface area contributed by atoms with Crippen LogP contribution in [0.3, 0.4) is 0 Å². The minimum absolute atomic E-state index is 0.403. The number of sulfone groups is 1. The zero-order valence-corrected chi connectivity index (χ0v) is 22.5. The van der Waals surface area contributed by atoms with Gasteiger partial charge in [-0.1, -0.05) is 30.7 Å². The van der Waals surface area contributed by atoms with Gasteiger partial charge in [0.2, 0.25) is 0 Å². The number of amides is 1. The van der Waals surface area contributed by atoms with E-state index in [9.17, 15) is 36.6 Å². The van der Waals surface area contributed by atoms with Crippen LogP contribution in [0.5, 0.6) is 0 Å². The summed E-state index contributed by atoms with van der Waals surface area (Å²) in [5.74, 6) is -2.04. The summed E-state index contributed by atoms with van der Waals surface area (Å²) in [5, 5.41) is 23.4. The number of carbonyl (C=O) groups is 1. The molecule has 0 bridgehead atoms. The molecule has 0 unspecified atom stereocenters. The number of nitrogens with one attached hydrogen (secondary N) is 1. The van der Waals surface area contributed by atoms with Crippen molar-refractivity contribution in [2.24, 2.45) is 0 Å². The van der Waals surface area contributed by atoms with Gasteiger partial charge in [-0.15, -0.1) is 0 Å². The Morgan fingerprint density at radius 2 is 1.79 bits per heavy atom. The van der Waals surface area contributed by atoms with Gasteiger partial charge in [0, 0.05) is 6.54 Å². The summed E-state index contributed by atoms with van der Waals surface area (Å²) < 4.78 is 64.2. The maximum atomic E-state index is 13.0. The highest BCUT2D eigenvalue weighted by molar-refractivity contribution is 7.91. The normalized spacial score (nSPS) is 20.2. The van der Waals surface area contributed by atoms with E-state index in [1.165, 1.54) is 24.8 Å². The molecule has 1 fully saturated rings. The van der Waals surface area contributed by atoms with E-state index in [0.29, 0.717) is 12.5 Å². The fourth-order valence-corrected chi connectivity index (χ4v) is 6.77. The number of benzene rings is 2. The predicted molar refractivity (Wildman–Crippen MR) is 140 cm³/mol. The molecule has 1 amide bonds. The molecule has 214 valence electrons. The number of likely N-dealkylation sites (tertiary alicyclic amines) is 1. The first-order valence-corrected chi connectivity index (χ1v) is 15.0. The van der Waals surface area contributed by atoms with Crippen molar-refractivity contribution in [3.63, 3.8) is 0 Å². The van der Waals surface area contributed by atoms with Crippen LogP contribution >= 0.6 is 0 Å². The van der Waals surface area contributed by atoms with Gasteiger partial charge in [0.1, 0.15) is 6.10 Å². The van der Waals surface area contributed by atoms with Crippen molar-refractivity contribution in [1.82, 2.24) is 10.2 Å². The number of hydrogen-bond acceptors (Lipinski definition) is 6. The molecule has 11 heteroatoms. The van der Waals surface area contributed by atoms with Gasteiger partial charge in [0.15, 0.2) is 15.9 Å². The molecule has 0 aromatic heterocycles. The molecule has 2 aromatic rings. The highest BCUT2D eigenvalue weighted by atomic mass is 32.2. The van der Waals surface area contributed by atoms with Crippen LogP contribution in [0.1, 0.15) is 60.4 Å². The summed E-state index contributed by atoms with van der Waals surface area (Å²) in [5.41, 5.74) is 2.11. The van der Waals surface area contributed by atoms with E-state index in [-0.39, 0.29) is 0 Å². The fourth-order valence-electron chi connectivity index (χ4n) is 5.35. The van der Waals surface area contributed by atoms with Crippen LogP contribution in [0.25, 0.3) is 0 Å². The quantitative estimate of drug-likeness (QED) is 0.428. The summed E-state index contributed by atoms with van der Waals surface area (Å²) in [6, 6.07) is 8.90. The number of aryl methyl sites for hydroxylation is 1. The molecule has 4 rings (SSSR count). The molecule has 3 atom stereocenters. The number of aliphatic hydroxyl groups excluding tert-OH is 2. The first-order valence-electron chi connectivity index (χ1n) is 13.3. The minimum Gasteiger partial charge on any atom is -0.389 e. The highest BCUT2D eigenvalue weighted by Gasteiger charge is 2.34. The Kier molecular flexibility index (Phi) is 9.36. The largest absolute Gasteiger partial charge is 0.416 e. The Morgan fingerprint density at radius 1 is 1.05 bits per heavy atom. The Labute approximate surface area is 226 Å². The highest BCUT2D eigenvalue weighted by Crippen LogP contribution is 2.32. The van der Waals surface area contributed by atoms with Gasteiger partial charge < -0.3 is 20.4 Å². The third kappa shape index (κ3) is 7.59. The maximum Gasteiger partial charge on any atom is 0.416 e. The third-order valence-electron chi connectivity index (χ3n) is 7.55. The number of rotatable bonds is 9. The van der Waals surface area contributed by atoms with E-state index in [1.54, 1.807) is 0 Å². The van der Waals surface area contributed by atoms with Crippen molar-refractivity contribution in [2.75, 3.05) is 25.4 Å². The SMILES string of the molecule is O=C(N[C@@H]1CCCc2cc(CCN3CCCCC3)ccc21)[C@H](O)[C@H](O)CS(=O)(=O)c1cccc(C(F)(F)F)c1. The summed E-state index contributed by atoms with van der Waals surface area (Å²) in [7, 11) is -4.41. The van der Waals surface area contributed by atoms with Gasteiger partial charge in [-0.05, 0) is 86.5 Å². The van der Waals surface area contributed by atoms with Gasteiger partial charge in [-0.3, -0.25) is 4.79 Å². The van der Waals surface area contributed by atoms with E-state index in [1.807, 2.05) is 12.1 Å². The molecular weight excluding hydrogens is 533 g/mol. The topological polar surface area (TPSA) is 107 Å². The molecule has 39 heavy (non-hydrogen) atoms. The fraction of sp³-hybridized carbons (Fsp3) is 0.536. The lowest BCUT2D eigenvalue weighted by molar-refractivity contribution is -0.137. The van der Waals surface area contributed by atoms with Crippen LogP contribution in [0.4, 0.5) is 13.2 Å². The average molecular weight is 569 g/mol. The number of aliphatic hydroxyl groups is 2. The smallest absolute Gasteiger partial charge is 0.389 e. The maximum absolute atomic E-state index is 13.0. The minimum atomic E-state index is -4.74. The van der Waals surface area contributed by atoms with Gasteiger partial charge in [-0.25, -0.2) is 8.42 Å². The molecule has 0 saturated carbocycles. The lowest BCUT2D eigenvalue weighted by Gasteiger charge is -2.29. The molecule has 1 saturated heterocycles. The number of carbonyl (C=O) groups excluding carboxylic acids is 1. The second-order valence-electron chi connectivity index (χ2n) is 10.5. The van der Waals surface area contributed by atoms with Gasteiger partial charge >= 0.3 is 6.18 Å². The second kappa shape index (κ2) is 12.4. The van der Waals surface area contributed by atoms with Crippen LogP contribution in [0.15, 0.2) is 47.4 Å². The van der Waals surface area contributed by atoms with Crippen molar-refractivity contribution < 1.29 is 36.6 Å². The van der Waals surface area contributed by atoms with Crippen LogP contribution in [0, 0.1) is 0 Å². The standard InChI is InChI=1S/C28H35F3N2O5S/c29-28(30,31)21-7-5-8-22(17-21)39(37,38)18-25(34)26(35)27(36)32-24-9-4-6-20-16-19(10-11-23(20)24)12-15-33-13-2-1-3-14-33/h5,7-8,10-11,16-17,24-26,34-35H,1-4,6,9,12-15,18H2,(H,32,36)/t24-,25-,26-/m1/s1. The number of fused-ring (bicyclic) bond motifs is 1. The molecule has 3 N–H and O–H groups in total. The van der Waals surface area contributed by atoms with E-state index in [0.717, 1.165) is 68.2 Å². The zero-order valence-electron chi connectivity index (χ0n) is 21.7. The van der Waals surface area contributed by atoms with Crippen LogP contribution in [0.2, 0.25) is 0 Å². The lowest BCUT2D eigenvalue weighted by Crippen LogP contribution is -2.46. The summed E-state index contributed by atoms with van der Waals surface area (Å²) in [6.07, 6.45) is -1.83. The molecule has 1 aliphatic heterocycles. The monoisotopic (exact) mass is 568 g/mol. The molecule has 2 aliphatic rings. The number of halogens is 3. The molecule has 7 nitrogen and oxygen atoms in total. The first-order chi connectivity index (χ1) is 18.4. The molecule has 1 aliphatic carbocycles. The van der Waals surface area contributed by atoms with Crippen LogP contribution in [-0.4, -0.2) is 67.0 Å². The third-order valence-corrected chi connectivity index (χ3v) is 9.30. The summed E-state index contributed by atoms with van der Waals surface area (Å²) in [4.78, 5) is 14.6. The Hall–Kier alpha value is -2.47. The number of piperidine rings is 1. The average Bonchev–Trinajstić information content (AvgIpc) is 2.91. The van der Waals surface area contributed by atoms with Gasteiger partial charge in [-0.2, -0.15) is 13.2 Å². The van der Waals surface area contributed by atoms with Crippen molar-refractivity contribution in [1.29, 1.82) is 0 Å². The molecule has 0 spiro atoms. The van der Waals surface area contributed by atoms with Crippen molar-refractivity contribution in [2.45, 2.75) is 74.3 Å². The lowest BCUT2D eigenvalue weighted by atomic mass is 9.86. The molecular formula is C28H35F3N2O5S. The molecule has 0 radical (unpaired) electrons. The first kappa shape index (κ1) is 29.5. The second-order valence-corrected chi connectivity index (χ2v) is 12.5. The zero-order chi connectivity index (χ0) is 28.2. The van der Waals surface area contributed by atoms with E-state index in [2.05, 4.69) is 16.3 Å². The summed E-state index contributed by atoms with van der Waals surface area (Å²) in [6.45, 7) is 3.27. The number of nitrogens with zero attached hydrogens (tertiary/aromatic N) is 1. The molecule has 2 aromatic carbocycles. The summed E-state index contributed by atoms with van der Waals surface area (Å²) >= 11 is 0. The van der Waals surface area contributed by atoms with E-state index < -0.39 is 56.4 Å². The number of hydrogen-bond donors (Lipinski definition) is 3. The van der Waals surface area contributed by atoms with Crippen LogP contribution < -0.4 is 5.32 Å². The van der Waals surface area contributed by atoms with Gasteiger partial charge in [0.25, 0.3) is 5.91 Å². The van der Waals surface area contributed by atoms with Crippen molar-refractivity contribution >= 4 is 15.7 Å². The predicted octanol–water partition coefficient (Wildman–Crippen LogP) is 3.42. The van der Waals surface area contributed by atoms with E-state index in [4.69, 9.17) is 0 Å². The Morgan fingerprint density at radius 3 is 2.51 bits per heavy atom. The van der Waals surface area contributed by atoms with Gasteiger partial charge in [0.05, 0.1) is 22.3 Å². The Bertz CT molecular complexity index is 1260. The molecule has 1 heterocycles.